The molecule has 0 N–H and O–H groups in total. The molecule has 2 atom stereocenters. The van der Waals surface area contributed by atoms with E-state index in [2.05, 4.69) is 33.9 Å². The van der Waals surface area contributed by atoms with Gasteiger partial charge in [0.1, 0.15) is 6.10 Å². The third-order valence-electron chi connectivity index (χ3n) is 3.73. The highest BCUT2D eigenvalue weighted by Gasteiger charge is 2.41. The van der Waals surface area contributed by atoms with Crippen molar-refractivity contribution < 1.29 is 14.0 Å². The molecular weight excluding hydrogens is 220 g/mol. The van der Waals surface area contributed by atoms with Gasteiger partial charge >= 0.3 is 5.97 Å². The molecule has 1 heterocycles. The molecule has 0 amide bonds. The van der Waals surface area contributed by atoms with Gasteiger partial charge in [-0.1, -0.05) is 20.8 Å². The van der Waals surface area contributed by atoms with E-state index in [0.717, 1.165) is 6.42 Å². The second-order valence-corrected chi connectivity index (χ2v) is 10.9. The Balaban J connectivity index is 2.57. The minimum atomic E-state index is -1.75. The molecule has 94 valence electrons. The van der Waals surface area contributed by atoms with Gasteiger partial charge in [-0.15, -0.1) is 0 Å². The molecule has 0 spiro atoms. The van der Waals surface area contributed by atoms with Gasteiger partial charge in [-0.05, 0) is 31.5 Å². The monoisotopic (exact) mass is 244 g/mol. The highest BCUT2D eigenvalue weighted by atomic mass is 28.4. The fraction of sp³-hybridized carbons (Fsp3) is 0.917. The first-order valence-corrected chi connectivity index (χ1v) is 8.91. The van der Waals surface area contributed by atoms with E-state index in [1.54, 1.807) is 0 Å². The molecule has 0 unspecified atom stereocenters. The molecule has 0 saturated carbocycles. The van der Waals surface area contributed by atoms with E-state index in [4.69, 9.17) is 9.16 Å². The zero-order valence-corrected chi connectivity index (χ0v) is 12.3. The number of hydrogen-bond donors (Lipinski definition) is 0. The molecule has 0 radical (unpaired) electrons. The van der Waals surface area contributed by atoms with E-state index in [1.165, 1.54) is 0 Å². The number of cyclic esters (lactones) is 1. The number of carbonyl (C=O) groups is 1. The molecular formula is C12H24O3Si. The topological polar surface area (TPSA) is 35.5 Å². The van der Waals surface area contributed by atoms with Gasteiger partial charge in [0.05, 0.1) is 6.10 Å². The van der Waals surface area contributed by atoms with E-state index >= 15 is 0 Å². The lowest BCUT2D eigenvalue weighted by Crippen LogP contribution is -2.46. The fourth-order valence-corrected chi connectivity index (χ4v) is 3.03. The van der Waals surface area contributed by atoms with Crippen LogP contribution < -0.4 is 0 Å². The lowest BCUT2D eigenvalue weighted by atomic mass is 10.2. The molecule has 3 nitrogen and oxygen atoms in total. The van der Waals surface area contributed by atoms with Crippen LogP contribution >= 0.6 is 0 Å². The van der Waals surface area contributed by atoms with Crippen molar-refractivity contribution in [1.29, 1.82) is 0 Å². The number of hydrogen-bond acceptors (Lipinski definition) is 3. The summed E-state index contributed by atoms with van der Waals surface area (Å²) in [7, 11) is -1.75. The number of carbonyl (C=O) groups excluding carboxylic acids is 1. The van der Waals surface area contributed by atoms with Gasteiger partial charge in [-0.2, -0.15) is 0 Å². The molecule has 1 aliphatic heterocycles. The summed E-state index contributed by atoms with van der Waals surface area (Å²) in [6.07, 6.45) is 1.32. The van der Waals surface area contributed by atoms with Crippen molar-refractivity contribution in [3.8, 4) is 0 Å². The lowest BCUT2D eigenvalue weighted by Gasteiger charge is -2.39. The molecule has 1 fully saturated rings. The van der Waals surface area contributed by atoms with Crippen LogP contribution in [0.4, 0.5) is 0 Å². The second kappa shape index (κ2) is 4.49. The SMILES string of the molecule is C[C@H](O[Si](C)(C)C(C)(C)C)[C@H]1CCC(=O)O1. The van der Waals surface area contributed by atoms with E-state index in [0.29, 0.717) is 6.42 Å². The molecule has 0 aliphatic carbocycles. The van der Waals surface area contributed by atoms with Crippen molar-refractivity contribution in [2.75, 3.05) is 0 Å². The Morgan fingerprint density at radius 2 is 2.00 bits per heavy atom. The van der Waals surface area contributed by atoms with Crippen molar-refractivity contribution in [2.24, 2.45) is 0 Å². The maximum Gasteiger partial charge on any atom is 0.306 e. The van der Waals surface area contributed by atoms with Crippen LogP contribution in [0.3, 0.4) is 0 Å². The Morgan fingerprint density at radius 3 is 2.38 bits per heavy atom. The van der Waals surface area contributed by atoms with Gasteiger partial charge in [-0.25, -0.2) is 0 Å². The minimum absolute atomic E-state index is 0.0207. The summed E-state index contributed by atoms with van der Waals surface area (Å²) in [4.78, 5) is 11.1. The molecule has 0 aromatic carbocycles. The molecule has 0 aromatic rings. The molecule has 4 heteroatoms. The van der Waals surface area contributed by atoms with Gasteiger partial charge in [0.25, 0.3) is 0 Å². The van der Waals surface area contributed by atoms with E-state index in [9.17, 15) is 4.79 Å². The Labute approximate surface area is 99.6 Å². The standard InChI is InChI=1S/C12H24O3Si/c1-9(10-7-8-11(13)14-10)15-16(5,6)12(2,3)4/h9-10H,7-8H2,1-6H3/t9-,10+/m0/s1. The molecule has 16 heavy (non-hydrogen) atoms. The van der Waals surface area contributed by atoms with Crippen LogP contribution in [-0.4, -0.2) is 26.5 Å². The molecule has 1 rings (SSSR count). The van der Waals surface area contributed by atoms with Crippen molar-refractivity contribution in [2.45, 2.75) is 70.9 Å². The Morgan fingerprint density at radius 1 is 1.44 bits per heavy atom. The van der Waals surface area contributed by atoms with Crippen molar-refractivity contribution in [1.82, 2.24) is 0 Å². The van der Waals surface area contributed by atoms with Gasteiger partial charge in [0.15, 0.2) is 8.32 Å². The van der Waals surface area contributed by atoms with Crippen LogP contribution in [0.2, 0.25) is 18.1 Å². The Bertz CT molecular complexity index is 268. The first-order valence-electron chi connectivity index (χ1n) is 6.01. The summed E-state index contributed by atoms with van der Waals surface area (Å²) >= 11 is 0. The predicted octanol–water partition coefficient (Wildman–Crippen LogP) is 3.10. The molecule has 1 saturated heterocycles. The first-order chi connectivity index (χ1) is 7.13. The average Bonchev–Trinajstić information content (AvgIpc) is 2.48. The zero-order valence-electron chi connectivity index (χ0n) is 11.3. The zero-order chi connectivity index (χ0) is 12.6. The van der Waals surface area contributed by atoms with E-state index in [1.807, 2.05) is 6.92 Å². The van der Waals surface area contributed by atoms with Crippen LogP contribution in [0, 0.1) is 0 Å². The average molecular weight is 244 g/mol. The smallest absolute Gasteiger partial charge is 0.306 e. The lowest BCUT2D eigenvalue weighted by molar-refractivity contribution is -0.144. The Kier molecular flexibility index (Phi) is 3.85. The van der Waals surface area contributed by atoms with E-state index < -0.39 is 8.32 Å². The first kappa shape index (κ1) is 13.7. The fourth-order valence-electron chi connectivity index (χ4n) is 1.59. The quantitative estimate of drug-likeness (QED) is 0.565. The highest BCUT2D eigenvalue weighted by molar-refractivity contribution is 6.74. The third-order valence-corrected chi connectivity index (χ3v) is 8.30. The normalized spacial score (nSPS) is 24.4. The largest absolute Gasteiger partial charge is 0.460 e. The summed E-state index contributed by atoms with van der Waals surface area (Å²) in [6.45, 7) is 13.1. The molecule has 0 bridgehead atoms. The van der Waals surface area contributed by atoms with Crippen LogP contribution in [0.15, 0.2) is 0 Å². The van der Waals surface area contributed by atoms with Gasteiger partial charge in [0, 0.05) is 6.42 Å². The van der Waals surface area contributed by atoms with E-state index in [-0.39, 0.29) is 23.2 Å². The maximum atomic E-state index is 11.1. The van der Waals surface area contributed by atoms with Crippen LogP contribution in [0.5, 0.6) is 0 Å². The number of rotatable bonds is 3. The molecule has 0 aromatic heterocycles. The van der Waals surface area contributed by atoms with Crippen molar-refractivity contribution in [3.63, 3.8) is 0 Å². The molecule has 1 aliphatic rings. The predicted molar refractivity (Wildman–Crippen MR) is 66.9 cm³/mol. The maximum absolute atomic E-state index is 11.1. The summed E-state index contributed by atoms with van der Waals surface area (Å²) in [5.41, 5.74) is 0. The van der Waals surface area contributed by atoms with Crippen LogP contribution in [0.1, 0.15) is 40.5 Å². The van der Waals surface area contributed by atoms with Gasteiger partial charge in [0.2, 0.25) is 0 Å². The Hall–Kier alpha value is -0.353. The van der Waals surface area contributed by atoms with Crippen molar-refractivity contribution >= 4 is 14.3 Å². The third kappa shape index (κ3) is 3.07. The van der Waals surface area contributed by atoms with Crippen molar-refractivity contribution in [3.05, 3.63) is 0 Å². The van der Waals surface area contributed by atoms with Crippen LogP contribution in [-0.2, 0) is 14.0 Å². The number of ether oxygens (including phenoxy) is 1. The number of esters is 1. The summed E-state index contributed by atoms with van der Waals surface area (Å²) in [5.74, 6) is -0.0873. The summed E-state index contributed by atoms with van der Waals surface area (Å²) in [6, 6.07) is 0. The summed E-state index contributed by atoms with van der Waals surface area (Å²) < 4.78 is 11.4. The van der Waals surface area contributed by atoms with Crippen LogP contribution in [0.25, 0.3) is 0 Å². The van der Waals surface area contributed by atoms with Gasteiger partial charge < -0.3 is 9.16 Å². The minimum Gasteiger partial charge on any atom is -0.460 e. The highest BCUT2D eigenvalue weighted by Crippen LogP contribution is 2.38. The summed E-state index contributed by atoms with van der Waals surface area (Å²) in [5, 5.41) is 0.198. The van der Waals surface area contributed by atoms with Gasteiger partial charge in [-0.3, -0.25) is 4.79 Å². The second-order valence-electron chi connectivity index (χ2n) is 6.15.